The van der Waals surface area contributed by atoms with Crippen molar-refractivity contribution >= 4 is 11.8 Å². The maximum Gasteiger partial charge on any atom is 0.239 e. The van der Waals surface area contributed by atoms with Gasteiger partial charge in [0.1, 0.15) is 12.3 Å². The van der Waals surface area contributed by atoms with E-state index >= 15 is 0 Å². The molecule has 1 aromatic rings. The van der Waals surface area contributed by atoms with Gasteiger partial charge in [-0.1, -0.05) is 12.1 Å². The lowest BCUT2D eigenvalue weighted by atomic mass is 10.1. The second kappa shape index (κ2) is 7.11. The van der Waals surface area contributed by atoms with E-state index in [2.05, 4.69) is 5.32 Å². The van der Waals surface area contributed by atoms with Crippen molar-refractivity contribution in [3.8, 4) is 5.75 Å². The normalized spacial score (nSPS) is 10.9. The lowest BCUT2D eigenvalue weighted by Crippen LogP contribution is -2.49. The highest BCUT2D eigenvalue weighted by atomic mass is 16.5. The first-order valence-electron chi connectivity index (χ1n) is 6.92. The second-order valence-corrected chi connectivity index (χ2v) is 5.90. The number of rotatable bonds is 5. The first kappa shape index (κ1) is 17.0. The van der Waals surface area contributed by atoms with Crippen LogP contribution in [0.15, 0.2) is 24.3 Å². The van der Waals surface area contributed by atoms with Crippen LogP contribution in [0.1, 0.15) is 33.3 Å². The third kappa shape index (κ3) is 5.45. The van der Waals surface area contributed by atoms with Crippen LogP contribution >= 0.6 is 0 Å². The average Bonchev–Trinajstić information content (AvgIpc) is 2.41. The molecule has 1 N–H and O–H groups in total. The fourth-order valence-electron chi connectivity index (χ4n) is 1.96. The van der Waals surface area contributed by atoms with E-state index in [4.69, 9.17) is 4.74 Å². The number of carbonyl (C=O) groups is 2. The maximum atomic E-state index is 12.0. The van der Waals surface area contributed by atoms with Crippen molar-refractivity contribution in [1.82, 2.24) is 10.2 Å². The Bertz CT molecular complexity index is 489. The number of carbonyl (C=O) groups excluding carboxylic acids is 2. The zero-order valence-electron chi connectivity index (χ0n) is 13.4. The van der Waals surface area contributed by atoms with Crippen molar-refractivity contribution in [2.75, 3.05) is 13.7 Å². The molecule has 1 rings (SSSR count). The number of hydrogen-bond donors (Lipinski definition) is 1. The van der Waals surface area contributed by atoms with Crippen molar-refractivity contribution in [3.63, 3.8) is 0 Å². The first-order chi connectivity index (χ1) is 9.74. The summed E-state index contributed by atoms with van der Waals surface area (Å²) in [5.41, 5.74) is 0.609. The summed E-state index contributed by atoms with van der Waals surface area (Å²) in [5.74, 6) is 0.499. The van der Waals surface area contributed by atoms with Crippen LogP contribution in [0.5, 0.6) is 5.75 Å². The molecule has 0 bridgehead atoms. The molecule has 21 heavy (non-hydrogen) atoms. The molecular weight excluding hydrogens is 268 g/mol. The number of ether oxygens (including phenoxy) is 1. The molecule has 0 atom stereocenters. The van der Waals surface area contributed by atoms with Crippen LogP contribution in [-0.2, 0) is 16.1 Å². The fraction of sp³-hybridized carbons (Fsp3) is 0.500. The topological polar surface area (TPSA) is 58.6 Å². The van der Waals surface area contributed by atoms with E-state index in [0.29, 0.717) is 6.54 Å². The zero-order chi connectivity index (χ0) is 16.0. The standard InChI is InChI=1S/C16H24N2O3/c1-12(19)18(16(2,3)4)11-15(20)17-10-13-6-8-14(21-5)9-7-13/h6-9H,10-11H2,1-5H3,(H,17,20). The third-order valence-electron chi connectivity index (χ3n) is 3.14. The monoisotopic (exact) mass is 292 g/mol. The molecule has 0 radical (unpaired) electrons. The Morgan fingerprint density at radius 2 is 1.76 bits per heavy atom. The van der Waals surface area contributed by atoms with E-state index in [1.807, 2.05) is 45.0 Å². The molecule has 2 amide bonds. The van der Waals surface area contributed by atoms with E-state index in [0.717, 1.165) is 11.3 Å². The Hall–Kier alpha value is -2.04. The number of methoxy groups -OCH3 is 1. The number of hydrogen-bond acceptors (Lipinski definition) is 3. The van der Waals surface area contributed by atoms with Crippen molar-refractivity contribution in [3.05, 3.63) is 29.8 Å². The van der Waals surface area contributed by atoms with E-state index in [1.54, 1.807) is 12.0 Å². The molecule has 0 fully saturated rings. The fourth-order valence-corrected chi connectivity index (χ4v) is 1.96. The third-order valence-corrected chi connectivity index (χ3v) is 3.14. The van der Waals surface area contributed by atoms with Crippen molar-refractivity contribution in [2.24, 2.45) is 0 Å². The predicted molar refractivity (Wildman–Crippen MR) is 82.0 cm³/mol. The highest BCUT2D eigenvalue weighted by molar-refractivity contribution is 5.84. The van der Waals surface area contributed by atoms with Gasteiger partial charge in [-0.25, -0.2) is 0 Å². The summed E-state index contributed by atoms with van der Waals surface area (Å²) in [4.78, 5) is 25.1. The zero-order valence-corrected chi connectivity index (χ0v) is 13.4. The minimum atomic E-state index is -0.372. The molecule has 0 aliphatic heterocycles. The Kier molecular flexibility index (Phi) is 5.76. The second-order valence-electron chi connectivity index (χ2n) is 5.90. The first-order valence-corrected chi connectivity index (χ1v) is 6.92. The van der Waals surface area contributed by atoms with Gasteiger partial charge in [0.2, 0.25) is 11.8 Å². The summed E-state index contributed by atoms with van der Waals surface area (Å²) in [6.45, 7) is 7.69. The number of nitrogens with one attached hydrogen (secondary N) is 1. The Balaban J connectivity index is 2.54. The quantitative estimate of drug-likeness (QED) is 0.902. The molecule has 116 valence electrons. The van der Waals surface area contributed by atoms with E-state index < -0.39 is 0 Å². The van der Waals surface area contributed by atoms with Gasteiger partial charge in [0, 0.05) is 19.0 Å². The molecule has 0 aromatic heterocycles. The highest BCUT2D eigenvalue weighted by Crippen LogP contribution is 2.13. The summed E-state index contributed by atoms with van der Waals surface area (Å²) in [6, 6.07) is 7.48. The van der Waals surface area contributed by atoms with Crippen molar-refractivity contribution < 1.29 is 14.3 Å². The van der Waals surface area contributed by atoms with E-state index in [-0.39, 0.29) is 23.9 Å². The molecule has 1 aromatic carbocycles. The predicted octanol–water partition coefficient (Wildman–Crippen LogP) is 1.96. The van der Waals surface area contributed by atoms with Gasteiger partial charge in [-0.3, -0.25) is 9.59 Å². The number of benzene rings is 1. The SMILES string of the molecule is COc1ccc(CNC(=O)CN(C(C)=O)C(C)(C)C)cc1. The van der Waals surface area contributed by atoms with Crippen molar-refractivity contribution in [1.29, 1.82) is 0 Å². The molecule has 0 spiro atoms. The number of nitrogens with zero attached hydrogens (tertiary/aromatic N) is 1. The lowest BCUT2D eigenvalue weighted by Gasteiger charge is -2.34. The van der Waals surface area contributed by atoms with Crippen LogP contribution in [0.3, 0.4) is 0 Å². The maximum absolute atomic E-state index is 12.0. The van der Waals surface area contributed by atoms with Gasteiger partial charge in [-0.15, -0.1) is 0 Å². The Labute approximate surface area is 126 Å². The minimum absolute atomic E-state index is 0.0645. The molecule has 0 aliphatic carbocycles. The van der Waals surface area contributed by atoms with E-state index in [1.165, 1.54) is 6.92 Å². The van der Waals surface area contributed by atoms with Gasteiger partial charge < -0.3 is 15.0 Å². The van der Waals surface area contributed by atoms with Crippen LogP contribution in [-0.4, -0.2) is 35.9 Å². The molecule has 5 heteroatoms. The summed E-state index contributed by atoms with van der Waals surface area (Å²) < 4.78 is 5.08. The van der Waals surface area contributed by atoms with Gasteiger partial charge in [0.05, 0.1) is 7.11 Å². The summed E-state index contributed by atoms with van der Waals surface area (Å²) in [6.07, 6.45) is 0. The van der Waals surface area contributed by atoms with Gasteiger partial charge in [-0.2, -0.15) is 0 Å². The average molecular weight is 292 g/mol. The number of amides is 2. The largest absolute Gasteiger partial charge is 0.497 e. The minimum Gasteiger partial charge on any atom is -0.497 e. The molecule has 5 nitrogen and oxygen atoms in total. The Morgan fingerprint density at radius 1 is 1.19 bits per heavy atom. The summed E-state index contributed by atoms with van der Waals surface area (Å²) >= 11 is 0. The smallest absolute Gasteiger partial charge is 0.239 e. The summed E-state index contributed by atoms with van der Waals surface area (Å²) in [5, 5.41) is 2.82. The van der Waals surface area contributed by atoms with Crippen LogP contribution in [0, 0.1) is 0 Å². The van der Waals surface area contributed by atoms with Crippen LogP contribution in [0.2, 0.25) is 0 Å². The van der Waals surface area contributed by atoms with Gasteiger partial charge in [-0.05, 0) is 38.5 Å². The lowest BCUT2D eigenvalue weighted by molar-refractivity contribution is -0.139. The van der Waals surface area contributed by atoms with Gasteiger partial charge >= 0.3 is 0 Å². The summed E-state index contributed by atoms with van der Waals surface area (Å²) in [7, 11) is 1.61. The highest BCUT2D eigenvalue weighted by Gasteiger charge is 2.25. The van der Waals surface area contributed by atoms with Crippen molar-refractivity contribution in [2.45, 2.75) is 39.8 Å². The van der Waals surface area contributed by atoms with Gasteiger partial charge in [0.15, 0.2) is 0 Å². The molecule has 0 saturated carbocycles. The molecule has 0 unspecified atom stereocenters. The van der Waals surface area contributed by atoms with Crippen LogP contribution in [0.4, 0.5) is 0 Å². The van der Waals surface area contributed by atoms with Gasteiger partial charge in [0.25, 0.3) is 0 Å². The molecular formula is C16H24N2O3. The molecule has 0 heterocycles. The van der Waals surface area contributed by atoms with Crippen LogP contribution < -0.4 is 10.1 Å². The Morgan fingerprint density at radius 3 is 2.19 bits per heavy atom. The van der Waals surface area contributed by atoms with Crippen LogP contribution in [0.25, 0.3) is 0 Å². The van der Waals surface area contributed by atoms with E-state index in [9.17, 15) is 9.59 Å². The molecule has 0 saturated heterocycles. The molecule has 0 aliphatic rings.